The average molecular weight is 405 g/mol. The Kier molecular flexibility index (Phi) is 5.06. The van der Waals surface area contributed by atoms with Crippen molar-refractivity contribution in [1.82, 2.24) is 10.3 Å². The van der Waals surface area contributed by atoms with Crippen LogP contribution in [-0.4, -0.2) is 55.3 Å². The van der Waals surface area contributed by atoms with Gasteiger partial charge in [-0.1, -0.05) is 0 Å². The molecule has 2 aliphatic rings. The average Bonchev–Trinajstić information content (AvgIpc) is 2.69. The number of alkyl halides is 2. The Bertz CT molecular complexity index is 917. The first-order valence-electron chi connectivity index (χ1n) is 9.84. The van der Waals surface area contributed by atoms with Gasteiger partial charge in [0.2, 0.25) is 5.92 Å². The third kappa shape index (κ3) is 3.85. The van der Waals surface area contributed by atoms with E-state index >= 15 is 0 Å². The number of aliphatic hydroxyl groups excluding tert-OH is 1. The minimum absolute atomic E-state index is 0.00272. The van der Waals surface area contributed by atoms with E-state index in [-0.39, 0.29) is 37.3 Å². The number of nitrogens with one attached hydrogen (secondary N) is 1. The Morgan fingerprint density at radius 1 is 1.28 bits per heavy atom. The number of rotatable bonds is 5. The molecule has 0 atom stereocenters. The van der Waals surface area contributed by atoms with Crippen LogP contribution in [0.5, 0.6) is 5.75 Å². The quantitative estimate of drug-likeness (QED) is 0.800. The summed E-state index contributed by atoms with van der Waals surface area (Å²) < 4.78 is 32.2. The van der Waals surface area contributed by atoms with Crippen molar-refractivity contribution in [1.29, 1.82) is 0 Å². The molecule has 1 aliphatic carbocycles. The number of ether oxygens (including phenoxy) is 1. The Morgan fingerprint density at radius 2 is 2.00 bits per heavy atom. The van der Waals surface area contributed by atoms with Gasteiger partial charge in [-0.15, -0.1) is 0 Å². The molecule has 0 unspecified atom stereocenters. The van der Waals surface area contributed by atoms with Gasteiger partial charge in [0.05, 0.1) is 30.5 Å². The number of fused-ring (bicyclic) bond motifs is 1. The van der Waals surface area contributed by atoms with Crippen LogP contribution in [0.25, 0.3) is 10.9 Å². The van der Waals surface area contributed by atoms with Crippen LogP contribution in [0.3, 0.4) is 0 Å². The molecule has 6 nitrogen and oxygen atoms in total. The highest BCUT2D eigenvalue weighted by molar-refractivity contribution is 6.00. The summed E-state index contributed by atoms with van der Waals surface area (Å²) in [5.41, 5.74) is 1.82. The van der Waals surface area contributed by atoms with Gasteiger partial charge in [-0.2, -0.15) is 0 Å². The Labute approximate surface area is 167 Å². The number of aliphatic hydroxyl groups is 1. The first kappa shape index (κ1) is 19.8. The molecule has 29 heavy (non-hydrogen) atoms. The van der Waals surface area contributed by atoms with Gasteiger partial charge in [0.1, 0.15) is 5.75 Å². The van der Waals surface area contributed by atoms with Gasteiger partial charge in [-0.3, -0.25) is 9.78 Å². The zero-order chi connectivity index (χ0) is 20.6. The summed E-state index contributed by atoms with van der Waals surface area (Å²) in [5, 5.41) is 12.3. The number of aromatic nitrogens is 1. The van der Waals surface area contributed by atoms with Crippen LogP contribution >= 0.6 is 0 Å². The number of hydrogen-bond acceptors (Lipinski definition) is 5. The molecule has 8 heteroatoms. The molecular formula is C21H25F2N3O3. The van der Waals surface area contributed by atoms with Crippen molar-refractivity contribution in [2.45, 2.75) is 31.6 Å². The maximum Gasteiger partial charge on any atom is 0.252 e. The summed E-state index contributed by atoms with van der Waals surface area (Å²) >= 11 is 0. The number of halogens is 2. The summed E-state index contributed by atoms with van der Waals surface area (Å²) in [6.45, 7) is 1.43. The fourth-order valence-electron chi connectivity index (χ4n) is 4.58. The number of carbonyl (C=O) groups is 1. The van der Waals surface area contributed by atoms with E-state index in [1.807, 2.05) is 12.1 Å². The predicted octanol–water partition coefficient (Wildman–Crippen LogP) is 2.98. The minimum Gasteiger partial charge on any atom is -0.497 e. The topological polar surface area (TPSA) is 74.7 Å². The van der Waals surface area contributed by atoms with Gasteiger partial charge in [0, 0.05) is 50.1 Å². The van der Waals surface area contributed by atoms with E-state index < -0.39 is 5.92 Å². The Morgan fingerprint density at radius 3 is 2.62 bits per heavy atom. The van der Waals surface area contributed by atoms with Gasteiger partial charge < -0.3 is 20.1 Å². The van der Waals surface area contributed by atoms with Crippen LogP contribution in [-0.2, 0) is 0 Å². The smallest absolute Gasteiger partial charge is 0.252 e. The lowest BCUT2D eigenvalue weighted by atomic mass is 9.61. The number of hydrogen-bond donors (Lipinski definition) is 2. The Hall–Kier alpha value is -2.48. The summed E-state index contributed by atoms with van der Waals surface area (Å²) in [5.74, 6) is -2.15. The minimum atomic E-state index is -2.50. The number of anilines is 1. The molecule has 4 rings (SSSR count). The van der Waals surface area contributed by atoms with Crippen molar-refractivity contribution in [3.63, 3.8) is 0 Å². The fraction of sp³-hybridized carbons (Fsp3) is 0.524. The standard InChI is InChI=1S/C21H25F2N3O3/c1-29-16-9-14-8-15(19(28)24-4-7-27)11-25-18(14)17(10-16)26-5-2-20(3-6-26)12-21(22,23)13-20/h8-11,27H,2-7,12-13H2,1H3,(H,24,28). The molecule has 156 valence electrons. The number of benzene rings is 1. The van der Waals surface area contributed by atoms with Crippen LogP contribution in [0.4, 0.5) is 14.5 Å². The lowest BCUT2D eigenvalue weighted by molar-refractivity contribution is -0.168. The van der Waals surface area contributed by atoms with Crippen LogP contribution < -0.4 is 15.0 Å². The molecule has 2 heterocycles. The molecule has 1 amide bonds. The molecule has 1 spiro atoms. The van der Waals surface area contributed by atoms with Crippen molar-refractivity contribution in [2.24, 2.45) is 5.41 Å². The van der Waals surface area contributed by atoms with Crippen LogP contribution in [0.1, 0.15) is 36.0 Å². The summed E-state index contributed by atoms with van der Waals surface area (Å²) in [7, 11) is 1.58. The molecule has 1 saturated heterocycles. The van der Waals surface area contributed by atoms with Crippen LogP contribution in [0.15, 0.2) is 24.4 Å². The highest BCUT2D eigenvalue weighted by atomic mass is 19.3. The van der Waals surface area contributed by atoms with Crippen LogP contribution in [0, 0.1) is 5.41 Å². The third-order valence-electron chi connectivity index (χ3n) is 6.06. The molecule has 1 saturated carbocycles. The van der Waals surface area contributed by atoms with E-state index in [4.69, 9.17) is 9.84 Å². The van der Waals surface area contributed by atoms with Crippen molar-refractivity contribution >= 4 is 22.5 Å². The number of amides is 1. The monoisotopic (exact) mass is 405 g/mol. The number of carbonyl (C=O) groups excluding carboxylic acids is 1. The lowest BCUT2D eigenvalue weighted by Crippen LogP contribution is -2.52. The second-order valence-electron chi connectivity index (χ2n) is 8.12. The van der Waals surface area contributed by atoms with E-state index in [9.17, 15) is 13.6 Å². The van der Waals surface area contributed by atoms with E-state index in [1.165, 1.54) is 6.20 Å². The molecular weight excluding hydrogens is 380 g/mol. The molecule has 2 fully saturated rings. The number of piperidine rings is 1. The number of pyridine rings is 1. The van der Waals surface area contributed by atoms with Crippen molar-refractivity contribution < 1.29 is 23.4 Å². The second-order valence-corrected chi connectivity index (χ2v) is 8.12. The van der Waals surface area contributed by atoms with E-state index in [0.717, 1.165) is 29.4 Å². The van der Waals surface area contributed by atoms with Crippen molar-refractivity contribution in [3.8, 4) is 5.75 Å². The largest absolute Gasteiger partial charge is 0.497 e. The normalized spacial score (nSPS) is 19.8. The Balaban J connectivity index is 1.60. The molecule has 0 radical (unpaired) electrons. The summed E-state index contributed by atoms with van der Waals surface area (Å²) in [6.07, 6.45) is 2.99. The first-order valence-corrected chi connectivity index (χ1v) is 9.84. The fourth-order valence-corrected chi connectivity index (χ4v) is 4.58. The van der Waals surface area contributed by atoms with E-state index in [2.05, 4.69) is 15.2 Å². The second kappa shape index (κ2) is 7.40. The van der Waals surface area contributed by atoms with Crippen molar-refractivity contribution in [3.05, 3.63) is 30.0 Å². The highest BCUT2D eigenvalue weighted by Crippen LogP contribution is 2.57. The zero-order valence-electron chi connectivity index (χ0n) is 16.4. The summed E-state index contributed by atoms with van der Waals surface area (Å²) in [6, 6.07) is 5.49. The maximum atomic E-state index is 13.4. The number of methoxy groups -OCH3 is 1. The SMILES string of the molecule is COc1cc(N2CCC3(CC2)CC(F)(F)C3)c2ncc(C(=O)NCCO)cc2c1. The zero-order valence-corrected chi connectivity index (χ0v) is 16.4. The molecule has 1 aromatic carbocycles. The lowest BCUT2D eigenvalue weighted by Gasteiger charge is -2.52. The molecule has 1 aliphatic heterocycles. The first-order chi connectivity index (χ1) is 13.8. The maximum absolute atomic E-state index is 13.4. The predicted molar refractivity (Wildman–Crippen MR) is 106 cm³/mol. The molecule has 0 bridgehead atoms. The van der Waals surface area contributed by atoms with E-state index in [1.54, 1.807) is 13.2 Å². The van der Waals surface area contributed by atoms with Gasteiger partial charge in [0.15, 0.2) is 0 Å². The van der Waals surface area contributed by atoms with E-state index in [0.29, 0.717) is 24.4 Å². The molecule has 1 aromatic heterocycles. The molecule has 2 N–H and O–H groups in total. The number of nitrogens with zero attached hydrogens (tertiary/aromatic N) is 2. The van der Waals surface area contributed by atoms with Crippen molar-refractivity contribution in [2.75, 3.05) is 38.3 Å². The third-order valence-corrected chi connectivity index (χ3v) is 6.06. The van der Waals surface area contributed by atoms with Gasteiger partial charge >= 0.3 is 0 Å². The van der Waals surface area contributed by atoms with Crippen LogP contribution in [0.2, 0.25) is 0 Å². The highest BCUT2D eigenvalue weighted by Gasteiger charge is 2.56. The van der Waals surface area contributed by atoms with Gasteiger partial charge in [0.25, 0.3) is 5.91 Å². The van der Waals surface area contributed by atoms with Gasteiger partial charge in [-0.25, -0.2) is 8.78 Å². The molecule has 2 aromatic rings. The summed E-state index contributed by atoms with van der Waals surface area (Å²) in [4.78, 5) is 18.9. The van der Waals surface area contributed by atoms with Gasteiger partial charge in [-0.05, 0) is 30.4 Å².